The van der Waals surface area contributed by atoms with E-state index in [2.05, 4.69) is 31.0 Å². The van der Waals surface area contributed by atoms with Crippen molar-refractivity contribution < 1.29 is 4.79 Å². The summed E-state index contributed by atoms with van der Waals surface area (Å²) in [5.74, 6) is 0.233. The molecule has 0 aromatic rings. The lowest BCUT2D eigenvalue weighted by molar-refractivity contribution is -0.144. The maximum Gasteiger partial charge on any atom is 0.241 e. The summed E-state index contributed by atoms with van der Waals surface area (Å²) in [7, 11) is 3.79. The van der Waals surface area contributed by atoms with E-state index in [9.17, 15) is 4.79 Å². The van der Waals surface area contributed by atoms with Crippen molar-refractivity contribution in [3.8, 4) is 0 Å². The predicted molar refractivity (Wildman–Crippen MR) is 61.8 cm³/mol. The van der Waals surface area contributed by atoms with Crippen molar-refractivity contribution in [2.75, 3.05) is 27.2 Å². The lowest BCUT2D eigenvalue weighted by Gasteiger charge is -2.45. The molecule has 2 atom stereocenters. The van der Waals surface area contributed by atoms with Crippen LogP contribution in [0.3, 0.4) is 0 Å². The molecule has 88 valence electrons. The van der Waals surface area contributed by atoms with E-state index in [0.717, 1.165) is 13.1 Å². The molecule has 1 amide bonds. The average Bonchev–Trinajstić information content (AvgIpc) is 2.18. The molecule has 1 fully saturated rings. The van der Waals surface area contributed by atoms with Crippen LogP contribution in [0, 0.1) is 0 Å². The molecule has 0 saturated carbocycles. The third-order valence-corrected chi connectivity index (χ3v) is 3.23. The molecular weight excluding hydrogens is 190 g/mol. The molecule has 0 aromatic carbocycles. The van der Waals surface area contributed by atoms with Crippen molar-refractivity contribution in [2.45, 2.75) is 38.9 Å². The van der Waals surface area contributed by atoms with Crippen LogP contribution < -0.4 is 5.32 Å². The lowest BCUT2D eigenvalue weighted by atomic mass is 10.0. The number of nitrogens with one attached hydrogen (secondary N) is 1. The molecule has 0 radical (unpaired) electrons. The first kappa shape index (κ1) is 12.5. The minimum atomic E-state index is -0.00352. The van der Waals surface area contributed by atoms with Crippen LogP contribution in [0.15, 0.2) is 0 Å². The standard InChI is InChI=1S/C11H23N3O/c1-8(2)14-7-9(3)13(5)11(15)10(14)6-12-4/h8-10,12H,6-7H2,1-5H3. The first-order valence-electron chi connectivity index (χ1n) is 5.66. The zero-order valence-electron chi connectivity index (χ0n) is 10.4. The third kappa shape index (κ3) is 2.49. The van der Waals surface area contributed by atoms with Gasteiger partial charge in [0.15, 0.2) is 0 Å². The summed E-state index contributed by atoms with van der Waals surface area (Å²) in [6.07, 6.45) is 0. The number of rotatable bonds is 3. The van der Waals surface area contributed by atoms with Gasteiger partial charge < -0.3 is 10.2 Å². The summed E-state index contributed by atoms with van der Waals surface area (Å²) in [5, 5.41) is 3.10. The Morgan fingerprint density at radius 3 is 2.60 bits per heavy atom. The molecule has 1 rings (SSSR count). The molecule has 0 aromatic heterocycles. The van der Waals surface area contributed by atoms with E-state index in [1.807, 2.05) is 19.0 Å². The van der Waals surface area contributed by atoms with Crippen LogP contribution in [0.5, 0.6) is 0 Å². The monoisotopic (exact) mass is 213 g/mol. The fourth-order valence-electron chi connectivity index (χ4n) is 2.12. The number of hydrogen-bond donors (Lipinski definition) is 1. The van der Waals surface area contributed by atoms with Crippen LogP contribution in [0.2, 0.25) is 0 Å². The van der Waals surface area contributed by atoms with Crippen molar-refractivity contribution in [2.24, 2.45) is 0 Å². The van der Waals surface area contributed by atoms with E-state index in [4.69, 9.17) is 0 Å². The SMILES string of the molecule is CNCC1C(=O)N(C)C(C)CN1C(C)C. The Bertz CT molecular complexity index is 230. The van der Waals surface area contributed by atoms with E-state index in [1.165, 1.54) is 0 Å². The zero-order valence-corrected chi connectivity index (χ0v) is 10.4. The molecule has 1 aliphatic rings. The zero-order chi connectivity index (χ0) is 11.6. The summed E-state index contributed by atoms with van der Waals surface area (Å²) in [6.45, 7) is 8.09. The summed E-state index contributed by atoms with van der Waals surface area (Å²) in [6, 6.07) is 0.729. The van der Waals surface area contributed by atoms with Gasteiger partial charge in [-0.3, -0.25) is 9.69 Å². The fraction of sp³-hybridized carbons (Fsp3) is 0.909. The second kappa shape index (κ2) is 4.94. The molecule has 2 unspecified atom stereocenters. The fourth-order valence-corrected chi connectivity index (χ4v) is 2.12. The van der Waals surface area contributed by atoms with Gasteiger partial charge in [0.1, 0.15) is 6.04 Å². The van der Waals surface area contributed by atoms with Crippen molar-refractivity contribution in [3.05, 3.63) is 0 Å². The van der Waals surface area contributed by atoms with Gasteiger partial charge in [-0.25, -0.2) is 0 Å². The Morgan fingerprint density at radius 2 is 2.13 bits per heavy atom. The minimum absolute atomic E-state index is 0.00352. The number of likely N-dealkylation sites (N-methyl/N-ethyl adjacent to an activating group) is 2. The normalized spacial score (nSPS) is 28.9. The molecule has 1 aliphatic heterocycles. The second-order valence-corrected chi connectivity index (χ2v) is 4.66. The van der Waals surface area contributed by atoms with Crippen molar-refractivity contribution in [3.63, 3.8) is 0 Å². The maximum absolute atomic E-state index is 12.1. The molecule has 4 nitrogen and oxygen atoms in total. The molecule has 1 saturated heterocycles. The summed E-state index contributed by atoms with van der Waals surface area (Å²) >= 11 is 0. The highest BCUT2D eigenvalue weighted by molar-refractivity contribution is 5.83. The Morgan fingerprint density at radius 1 is 1.53 bits per heavy atom. The third-order valence-electron chi connectivity index (χ3n) is 3.23. The van der Waals surface area contributed by atoms with Gasteiger partial charge in [0.25, 0.3) is 0 Å². The van der Waals surface area contributed by atoms with Crippen LogP contribution in [-0.2, 0) is 4.79 Å². The number of nitrogens with zero attached hydrogens (tertiary/aromatic N) is 2. The van der Waals surface area contributed by atoms with Crippen LogP contribution in [0.1, 0.15) is 20.8 Å². The van der Waals surface area contributed by atoms with Crippen molar-refractivity contribution in [1.82, 2.24) is 15.1 Å². The number of hydrogen-bond acceptors (Lipinski definition) is 3. The summed E-state index contributed by atoms with van der Waals surface area (Å²) in [5.41, 5.74) is 0. The topological polar surface area (TPSA) is 35.6 Å². The molecule has 4 heteroatoms. The van der Waals surface area contributed by atoms with Gasteiger partial charge in [-0.15, -0.1) is 0 Å². The van der Waals surface area contributed by atoms with Gasteiger partial charge in [0.05, 0.1) is 0 Å². The van der Waals surface area contributed by atoms with Gasteiger partial charge in [-0.05, 0) is 27.8 Å². The Hall–Kier alpha value is -0.610. The molecule has 1 heterocycles. The quantitative estimate of drug-likeness (QED) is 0.724. The summed E-state index contributed by atoms with van der Waals surface area (Å²) < 4.78 is 0. The lowest BCUT2D eigenvalue weighted by Crippen LogP contribution is -2.63. The van der Waals surface area contributed by atoms with Gasteiger partial charge in [-0.1, -0.05) is 0 Å². The molecule has 15 heavy (non-hydrogen) atoms. The second-order valence-electron chi connectivity index (χ2n) is 4.66. The first-order chi connectivity index (χ1) is 6.99. The van der Waals surface area contributed by atoms with Gasteiger partial charge >= 0.3 is 0 Å². The summed E-state index contributed by atoms with van der Waals surface area (Å²) in [4.78, 5) is 16.2. The van der Waals surface area contributed by atoms with E-state index in [-0.39, 0.29) is 11.9 Å². The van der Waals surface area contributed by atoms with Gasteiger partial charge in [0.2, 0.25) is 5.91 Å². The molecule has 0 spiro atoms. The highest BCUT2D eigenvalue weighted by Gasteiger charge is 2.37. The van der Waals surface area contributed by atoms with Crippen molar-refractivity contribution >= 4 is 5.91 Å². The van der Waals surface area contributed by atoms with Crippen LogP contribution >= 0.6 is 0 Å². The first-order valence-corrected chi connectivity index (χ1v) is 5.66. The van der Waals surface area contributed by atoms with E-state index < -0.39 is 0 Å². The number of carbonyl (C=O) groups excluding carboxylic acids is 1. The molecule has 0 bridgehead atoms. The Balaban J connectivity index is 2.81. The largest absolute Gasteiger partial charge is 0.340 e. The minimum Gasteiger partial charge on any atom is -0.340 e. The van der Waals surface area contributed by atoms with E-state index >= 15 is 0 Å². The van der Waals surface area contributed by atoms with Gasteiger partial charge in [0, 0.05) is 32.2 Å². The maximum atomic E-state index is 12.1. The van der Waals surface area contributed by atoms with Crippen LogP contribution in [0.4, 0.5) is 0 Å². The highest BCUT2D eigenvalue weighted by atomic mass is 16.2. The highest BCUT2D eigenvalue weighted by Crippen LogP contribution is 2.17. The van der Waals surface area contributed by atoms with Crippen LogP contribution in [-0.4, -0.2) is 61.0 Å². The number of amides is 1. The average molecular weight is 213 g/mol. The number of piperazine rings is 1. The molecule has 0 aliphatic carbocycles. The van der Waals surface area contributed by atoms with Gasteiger partial charge in [-0.2, -0.15) is 0 Å². The Kier molecular flexibility index (Phi) is 4.11. The van der Waals surface area contributed by atoms with E-state index in [1.54, 1.807) is 0 Å². The predicted octanol–water partition coefficient (Wildman–Crippen LogP) is 0.145. The smallest absolute Gasteiger partial charge is 0.241 e. The van der Waals surface area contributed by atoms with Crippen LogP contribution in [0.25, 0.3) is 0 Å². The Labute approximate surface area is 92.6 Å². The number of carbonyl (C=O) groups is 1. The van der Waals surface area contributed by atoms with Crippen molar-refractivity contribution in [1.29, 1.82) is 0 Å². The van der Waals surface area contributed by atoms with E-state index in [0.29, 0.717) is 12.1 Å². The molecular formula is C11H23N3O. The molecule has 1 N–H and O–H groups in total.